The number of benzene rings is 2. The summed E-state index contributed by atoms with van der Waals surface area (Å²) in [6.07, 6.45) is 0. The lowest BCUT2D eigenvalue weighted by Gasteiger charge is -2.08. The number of amides is 1. The number of thioether (sulfide) groups is 1. The molecule has 0 aliphatic heterocycles. The van der Waals surface area contributed by atoms with Crippen LogP contribution in [-0.4, -0.2) is 34.8 Å². The Morgan fingerprint density at radius 1 is 1.13 bits per heavy atom. The molecule has 0 aliphatic carbocycles. The van der Waals surface area contributed by atoms with E-state index in [1.54, 1.807) is 48.0 Å². The number of halogens is 1. The Morgan fingerprint density at radius 3 is 2.52 bits per heavy atom. The van der Waals surface area contributed by atoms with Crippen LogP contribution in [0.1, 0.15) is 17.0 Å². The number of hydrogen-bond donors (Lipinski definition) is 2. The van der Waals surface area contributed by atoms with Crippen LogP contribution < -0.4 is 10.0 Å². The first kappa shape index (κ1) is 23.3. The minimum atomic E-state index is -3.66. The topological polar surface area (TPSA) is 106 Å². The molecule has 0 unspecified atom stereocenters. The van der Waals surface area contributed by atoms with Gasteiger partial charge in [0.2, 0.25) is 15.9 Å². The van der Waals surface area contributed by atoms with Gasteiger partial charge in [0.25, 0.3) is 0 Å². The number of sulfonamides is 1. The standard InChI is InChI=1S/C20H22ClN5O3S2/c1-13-4-8-16(9-5-13)31(28,29)22-11-18-24-25-20(26(18)3)30-12-19(27)23-15-7-6-14(2)17(21)10-15/h4-10,22H,11-12H2,1-3H3,(H,23,27). The van der Waals surface area contributed by atoms with Crippen molar-refractivity contribution in [2.24, 2.45) is 7.05 Å². The third-order valence-corrected chi connectivity index (χ3v) is 7.31. The van der Waals surface area contributed by atoms with Crippen molar-refractivity contribution in [3.8, 4) is 0 Å². The summed E-state index contributed by atoms with van der Waals surface area (Å²) in [5.41, 5.74) is 2.52. The van der Waals surface area contributed by atoms with E-state index in [2.05, 4.69) is 20.2 Å². The molecule has 11 heteroatoms. The molecular weight excluding hydrogens is 458 g/mol. The number of anilines is 1. The van der Waals surface area contributed by atoms with E-state index in [1.807, 2.05) is 19.9 Å². The van der Waals surface area contributed by atoms with Gasteiger partial charge in [-0.25, -0.2) is 13.1 Å². The Balaban J connectivity index is 1.56. The molecule has 3 rings (SSSR count). The predicted molar refractivity (Wildman–Crippen MR) is 122 cm³/mol. The Hall–Kier alpha value is -2.40. The summed E-state index contributed by atoms with van der Waals surface area (Å²) in [5.74, 6) is 0.338. The third-order valence-electron chi connectivity index (χ3n) is 4.46. The van der Waals surface area contributed by atoms with E-state index in [1.165, 1.54) is 11.8 Å². The third kappa shape index (κ3) is 6.07. The fraction of sp³-hybridized carbons (Fsp3) is 0.250. The monoisotopic (exact) mass is 479 g/mol. The first-order valence-corrected chi connectivity index (χ1v) is 12.1. The van der Waals surface area contributed by atoms with Gasteiger partial charge in [-0.3, -0.25) is 4.79 Å². The minimum absolute atomic E-state index is 0.0195. The Kier molecular flexibility index (Phi) is 7.37. The molecule has 0 saturated heterocycles. The molecule has 2 aromatic carbocycles. The number of carbonyl (C=O) groups excluding carboxylic acids is 1. The van der Waals surface area contributed by atoms with Gasteiger partial charge >= 0.3 is 0 Å². The molecule has 1 amide bonds. The summed E-state index contributed by atoms with van der Waals surface area (Å²) in [5, 5.41) is 11.9. The fourth-order valence-electron chi connectivity index (χ4n) is 2.58. The average Bonchev–Trinajstić information content (AvgIpc) is 3.07. The maximum Gasteiger partial charge on any atom is 0.240 e. The Morgan fingerprint density at radius 2 is 1.84 bits per heavy atom. The van der Waals surface area contributed by atoms with E-state index >= 15 is 0 Å². The maximum absolute atomic E-state index is 12.4. The van der Waals surface area contributed by atoms with Crippen LogP contribution in [0.3, 0.4) is 0 Å². The zero-order valence-electron chi connectivity index (χ0n) is 17.2. The van der Waals surface area contributed by atoms with Crippen molar-refractivity contribution in [1.29, 1.82) is 0 Å². The second kappa shape index (κ2) is 9.82. The van der Waals surface area contributed by atoms with Crippen molar-refractivity contribution >= 4 is 45.0 Å². The highest BCUT2D eigenvalue weighted by molar-refractivity contribution is 7.99. The molecule has 1 heterocycles. The van der Waals surface area contributed by atoms with E-state index in [4.69, 9.17) is 11.6 Å². The van der Waals surface area contributed by atoms with Crippen LogP contribution in [0, 0.1) is 13.8 Å². The van der Waals surface area contributed by atoms with Gasteiger partial charge in [-0.15, -0.1) is 10.2 Å². The van der Waals surface area contributed by atoms with Crippen LogP contribution in [0.2, 0.25) is 5.02 Å². The molecule has 3 aromatic rings. The average molecular weight is 480 g/mol. The van der Waals surface area contributed by atoms with E-state index in [-0.39, 0.29) is 23.1 Å². The molecule has 31 heavy (non-hydrogen) atoms. The molecule has 0 aliphatic rings. The zero-order valence-corrected chi connectivity index (χ0v) is 19.6. The summed E-state index contributed by atoms with van der Waals surface area (Å²) in [6, 6.07) is 11.9. The van der Waals surface area contributed by atoms with Gasteiger partial charge in [-0.1, -0.05) is 47.1 Å². The summed E-state index contributed by atoms with van der Waals surface area (Å²) in [6.45, 7) is 3.75. The normalized spacial score (nSPS) is 11.5. The number of hydrogen-bond acceptors (Lipinski definition) is 6. The molecule has 0 fully saturated rings. The van der Waals surface area contributed by atoms with Crippen molar-refractivity contribution in [3.05, 3.63) is 64.4 Å². The van der Waals surface area contributed by atoms with Crippen molar-refractivity contribution in [3.63, 3.8) is 0 Å². The Labute approximate surface area is 190 Å². The summed E-state index contributed by atoms with van der Waals surface area (Å²) >= 11 is 7.28. The van der Waals surface area contributed by atoms with E-state index < -0.39 is 10.0 Å². The number of aromatic nitrogens is 3. The van der Waals surface area contributed by atoms with Crippen LogP contribution in [0.4, 0.5) is 5.69 Å². The largest absolute Gasteiger partial charge is 0.325 e. The van der Waals surface area contributed by atoms with Gasteiger partial charge in [-0.05, 0) is 43.7 Å². The highest BCUT2D eigenvalue weighted by atomic mass is 35.5. The van der Waals surface area contributed by atoms with Crippen molar-refractivity contribution in [1.82, 2.24) is 19.5 Å². The lowest BCUT2D eigenvalue weighted by atomic mass is 10.2. The van der Waals surface area contributed by atoms with Crippen molar-refractivity contribution in [2.75, 3.05) is 11.1 Å². The van der Waals surface area contributed by atoms with Gasteiger partial charge < -0.3 is 9.88 Å². The molecule has 164 valence electrons. The van der Waals surface area contributed by atoms with Gasteiger partial charge in [-0.2, -0.15) is 0 Å². The second-order valence-electron chi connectivity index (χ2n) is 6.90. The van der Waals surface area contributed by atoms with Crippen LogP contribution in [0.15, 0.2) is 52.5 Å². The SMILES string of the molecule is Cc1ccc(S(=O)(=O)NCc2nnc(SCC(=O)Nc3ccc(C)c(Cl)c3)n2C)cc1. The van der Waals surface area contributed by atoms with E-state index in [9.17, 15) is 13.2 Å². The molecule has 2 N–H and O–H groups in total. The molecule has 0 atom stereocenters. The maximum atomic E-state index is 12.4. The highest BCUT2D eigenvalue weighted by Gasteiger charge is 2.17. The molecule has 0 bridgehead atoms. The number of aryl methyl sites for hydroxylation is 2. The van der Waals surface area contributed by atoms with Crippen LogP contribution >= 0.6 is 23.4 Å². The number of rotatable bonds is 8. The summed E-state index contributed by atoms with van der Waals surface area (Å²) in [4.78, 5) is 12.4. The molecule has 0 saturated carbocycles. The van der Waals surface area contributed by atoms with Crippen molar-refractivity contribution in [2.45, 2.75) is 30.4 Å². The van der Waals surface area contributed by atoms with Crippen LogP contribution in [0.5, 0.6) is 0 Å². The van der Waals surface area contributed by atoms with Gasteiger partial charge in [0, 0.05) is 17.8 Å². The quantitative estimate of drug-likeness (QED) is 0.480. The molecular formula is C20H22ClN5O3S2. The molecule has 0 spiro atoms. The Bertz CT molecular complexity index is 1190. The van der Waals surface area contributed by atoms with E-state index in [0.29, 0.717) is 21.7 Å². The van der Waals surface area contributed by atoms with Gasteiger partial charge in [0.1, 0.15) is 5.82 Å². The number of nitrogens with zero attached hydrogens (tertiary/aromatic N) is 3. The summed E-state index contributed by atoms with van der Waals surface area (Å²) in [7, 11) is -1.94. The summed E-state index contributed by atoms with van der Waals surface area (Å²) < 4.78 is 29.0. The highest BCUT2D eigenvalue weighted by Crippen LogP contribution is 2.21. The fourth-order valence-corrected chi connectivity index (χ4v) is 4.47. The van der Waals surface area contributed by atoms with Gasteiger partial charge in [0.05, 0.1) is 17.2 Å². The lowest BCUT2D eigenvalue weighted by Crippen LogP contribution is -2.24. The number of nitrogens with one attached hydrogen (secondary N) is 2. The van der Waals surface area contributed by atoms with Crippen LogP contribution in [-0.2, 0) is 28.4 Å². The van der Waals surface area contributed by atoms with Crippen LogP contribution in [0.25, 0.3) is 0 Å². The zero-order chi connectivity index (χ0) is 22.6. The first-order chi connectivity index (χ1) is 14.7. The molecule has 0 radical (unpaired) electrons. The predicted octanol–water partition coefficient (Wildman–Crippen LogP) is 3.29. The second-order valence-corrected chi connectivity index (χ2v) is 10.0. The minimum Gasteiger partial charge on any atom is -0.325 e. The lowest BCUT2D eigenvalue weighted by molar-refractivity contribution is -0.113. The number of carbonyl (C=O) groups is 1. The van der Waals surface area contributed by atoms with Crippen molar-refractivity contribution < 1.29 is 13.2 Å². The molecule has 1 aromatic heterocycles. The first-order valence-electron chi connectivity index (χ1n) is 9.29. The van der Waals surface area contributed by atoms with Gasteiger partial charge in [0.15, 0.2) is 5.16 Å². The smallest absolute Gasteiger partial charge is 0.240 e. The molecule has 8 nitrogen and oxygen atoms in total. The van der Waals surface area contributed by atoms with E-state index in [0.717, 1.165) is 11.1 Å².